The molecule has 0 spiro atoms. The van der Waals surface area contributed by atoms with Gasteiger partial charge in [-0.25, -0.2) is 0 Å². The number of ether oxygens (including phenoxy) is 2. The highest BCUT2D eigenvalue weighted by atomic mass is 35.5. The molecule has 6 nitrogen and oxygen atoms in total. The Bertz CT molecular complexity index is 1190. The van der Waals surface area contributed by atoms with Gasteiger partial charge in [-0.05, 0) is 86.3 Å². The lowest BCUT2D eigenvalue weighted by Gasteiger charge is -2.36. The van der Waals surface area contributed by atoms with Crippen molar-refractivity contribution in [2.45, 2.75) is 128 Å². The third kappa shape index (κ3) is 6.63. The number of halogens is 2. The van der Waals surface area contributed by atoms with Crippen molar-refractivity contribution in [2.75, 3.05) is 13.2 Å². The summed E-state index contributed by atoms with van der Waals surface area (Å²) in [6.45, 7) is 23.9. The normalized spacial score (nSPS) is 24.9. The number of benzene rings is 1. The Morgan fingerprint density at radius 2 is 1.10 bits per heavy atom. The third-order valence-corrected chi connectivity index (χ3v) is 19.7. The van der Waals surface area contributed by atoms with Crippen LogP contribution in [-0.4, -0.2) is 51.2 Å². The van der Waals surface area contributed by atoms with Gasteiger partial charge < -0.3 is 18.3 Å². The molecule has 0 N–H and O–H groups in total. The van der Waals surface area contributed by atoms with Gasteiger partial charge in [0.2, 0.25) is 0 Å². The minimum atomic E-state index is -1.86. The quantitative estimate of drug-likeness (QED) is 0.211. The fourth-order valence-electron chi connectivity index (χ4n) is 4.82. The standard InChI is InChI=1S/C29H48Cl2N2O4SSi2/c1-28(2,3)39(7,8)34-17-19-11-13-25(36-19)32-23-15-21(30)22(31)16-24(23)33(27(32)38)26-14-12-20(37-26)18-35-40(9,10)29(4,5)6/h15-16,19-20,25-26H,11-14,17-18H2,1-10H3/t19-,20-,25-,26-/m0/s1. The van der Waals surface area contributed by atoms with E-state index in [4.69, 9.17) is 53.7 Å². The Morgan fingerprint density at radius 1 is 0.750 bits per heavy atom. The summed E-state index contributed by atoms with van der Waals surface area (Å²) in [7, 11) is -3.72. The van der Waals surface area contributed by atoms with Gasteiger partial charge in [0.25, 0.3) is 0 Å². The smallest absolute Gasteiger partial charge is 0.192 e. The van der Waals surface area contributed by atoms with Crippen molar-refractivity contribution < 1.29 is 18.3 Å². The van der Waals surface area contributed by atoms with Gasteiger partial charge >= 0.3 is 0 Å². The van der Waals surface area contributed by atoms with Crippen LogP contribution in [0.15, 0.2) is 12.1 Å². The minimum Gasteiger partial charge on any atom is -0.414 e. The summed E-state index contributed by atoms with van der Waals surface area (Å²) in [5.74, 6) is 0. The van der Waals surface area contributed by atoms with Crippen LogP contribution in [0.3, 0.4) is 0 Å². The molecule has 2 fully saturated rings. The van der Waals surface area contributed by atoms with Crippen LogP contribution in [0.1, 0.15) is 79.7 Å². The summed E-state index contributed by atoms with van der Waals surface area (Å²) < 4.78 is 31.0. The number of imidazole rings is 1. The van der Waals surface area contributed by atoms with Crippen LogP contribution in [0, 0.1) is 4.77 Å². The van der Waals surface area contributed by atoms with Crippen LogP contribution < -0.4 is 0 Å². The molecule has 0 amide bonds. The average Bonchev–Trinajstić information content (AvgIpc) is 3.53. The molecular formula is C29H48Cl2N2O4SSi2. The van der Waals surface area contributed by atoms with Crippen LogP contribution in [-0.2, 0) is 18.3 Å². The van der Waals surface area contributed by atoms with Gasteiger partial charge in [0.15, 0.2) is 21.4 Å². The number of hydrogen-bond acceptors (Lipinski definition) is 5. The SMILES string of the molecule is CC(C)(C)[Si](C)(C)OC[C@@H]1CC[C@@H](n2c(=S)n([C@@H]3CC[C@@H](CO[Si](C)(C)C(C)(C)C)O3)c3cc(Cl)c(Cl)cc32)O1. The van der Waals surface area contributed by atoms with Crippen molar-refractivity contribution in [1.82, 2.24) is 9.13 Å². The monoisotopic (exact) mass is 646 g/mol. The first-order valence-corrected chi connectivity index (χ1v) is 21.5. The molecule has 0 bridgehead atoms. The average molecular weight is 648 g/mol. The van der Waals surface area contributed by atoms with Crippen molar-refractivity contribution >= 4 is 63.1 Å². The molecule has 4 rings (SSSR count). The third-order valence-electron chi connectivity index (χ3n) is 9.57. The summed E-state index contributed by atoms with van der Waals surface area (Å²) in [4.78, 5) is 0. The number of aromatic nitrogens is 2. The molecule has 0 saturated carbocycles. The van der Waals surface area contributed by atoms with Crippen LogP contribution >= 0.6 is 35.4 Å². The number of rotatable bonds is 8. The molecule has 1 aromatic carbocycles. The van der Waals surface area contributed by atoms with E-state index in [9.17, 15) is 0 Å². The second kappa shape index (κ2) is 11.7. The molecule has 2 aromatic rings. The first kappa shape index (κ1) is 32.7. The van der Waals surface area contributed by atoms with Crippen molar-refractivity contribution in [3.8, 4) is 0 Å². The van der Waals surface area contributed by atoms with Crippen molar-refractivity contribution in [1.29, 1.82) is 0 Å². The summed E-state index contributed by atoms with van der Waals surface area (Å²) in [6, 6.07) is 3.81. The zero-order valence-corrected chi connectivity index (χ0v) is 30.2. The lowest BCUT2D eigenvalue weighted by atomic mass is 10.2. The van der Waals surface area contributed by atoms with Gasteiger partial charge in [0.1, 0.15) is 12.5 Å². The van der Waals surface area contributed by atoms with Gasteiger partial charge in [0.05, 0.1) is 46.5 Å². The van der Waals surface area contributed by atoms with E-state index in [1.165, 1.54) is 0 Å². The number of fused-ring (bicyclic) bond motifs is 1. The molecule has 0 radical (unpaired) electrons. The van der Waals surface area contributed by atoms with Gasteiger partial charge in [0, 0.05) is 0 Å². The molecule has 11 heteroatoms. The maximum atomic E-state index is 6.57. The Kier molecular flexibility index (Phi) is 9.55. The Morgan fingerprint density at radius 3 is 1.43 bits per heavy atom. The predicted octanol–water partition coefficient (Wildman–Crippen LogP) is 9.88. The zero-order chi connectivity index (χ0) is 29.8. The fraction of sp³-hybridized carbons (Fsp3) is 0.759. The lowest BCUT2D eigenvalue weighted by molar-refractivity contribution is -0.0268. The molecule has 0 aliphatic carbocycles. The van der Waals surface area contributed by atoms with E-state index < -0.39 is 16.6 Å². The summed E-state index contributed by atoms with van der Waals surface area (Å²) in [5.41, 5.74) is 1.83. The van der Waals surface area contributed by atoms with E-state index in [1.807, 2.05) is 12.1 Å². The minimum absolute atomic E-state index is 0.0294. The van der Waals surface area contributed by atoms with E-state index in [1.54, 1.807) is 0 Å². The van der Waals surface area contributed by atoms with Crippen molar-refractivity contribution in [3.63, 3.8) is 0 Å². The topological polar surface area (TPSA) is 46.8 Å². The maximum Gasteiger partial charge on any atom is 0.192 e. The Balaban J connectivity index is 1.56. The predicted molar refractivity (Wildman–Crippen MR) is 173 cm³/mol. The second-order valence-corrected chi connectivity index (χ2v) is 25.3. The summed E-state index contributed by atoms with van der Waals surface area (Å²) in [6.07, 6.45) is 3.22. The fourth-order valence-corrected chi connectivity index (χ4v) is 7.64. The van der Waals surface area contributed by atoms with E-state index in [2.05, 4.69) is 76.9 Å². The van der Waals surface area contributed by atoms with Gasteiger partial charge in [-0.2, -0.15) is 0 Å². The summed E-state index contributed by atoms with van der Waals surface area (Å²) in [5, 5.41) is 1.32. The highest BCUT2D eigenvalue weighted by molar-refractivity contribution is 7.71. The van der Waals surface area contributed by atoms with E-state index in [0.717, 1.165) is 36.7 Å². The van der Waals surface area contributed by atoms with Gasteiger partial charge in [-0.3, -0.25) is 9.13 Å². The van der Waals surface area contributed by atoms with E-state index in [-0.39, 0.29) is 34.7 Å². The molecule has 0 unspecified atom stereocenters. The van der Waals surface area contributed by atoms with Crippen LogP contribution in [0.25, 0.3) is 11.0 Å². The second-order valence-electron chi connectivity index (χ2n) is 14.5. The molecule has 2 aliphatic heterocycles. The first-order valence-electron chi connectivity index (χ1n) is 14.5. The molecule has 226 valence electrons. The molecule has 2 saturated heterocycles. The molecule has 4 atom stereocenters. The summed E-state index contributed by atoms with van der Waals surface area (Å²) >= 11 is 19.1. The van der Waals surface area contributed by atoms with Crippen LogP contribution in [0.2, 0.25) is 46.3 Å². The highest BCUT2D eigenvalue weighted by Crippen LogP contribution is 2.42. The van der Waals surface area contributed by atoms with E-state index >= 15 is 0 Å². The van der Waals surface area contributed by atoms with Gasteiger partial charge in [-0.15, -0.1) is 0 Å². The van der Waals surface area contributed by atoms with Crippen molar-refractivity contribution in [3.05, 3.63) is 26.9 Å². The lowest BCUT2D eigenvalue weighted by Crippen LogP contribution is -2.42. The Labute approximate surface area is 257 Å². The molecule has 2 aliphatic rings. The highest BCUT2D eigenvalue weighted by Gasteiger charge is 2.41. The first-order chi connectivity index (χ1) is 18.3. The van der Waals surface area contributed by atoms with Crippen molar-refractivity contribution in [2.24, 2.45) is 0 Å². The maximum absolute atomic E-state index is 6.57. The number of nitrogens with zero attached hydrogens (tertiary/aromatic N) is 2. The molecule has 40 heavy (non-hydrogen) atoms. The molecular weight excluding hydrogens is 599 g/mol. The van der Waals surface area contributed by atoms with Gasteiger partial charge in [-0.1, -0.05) is 64.7 Å². The largest absolute Gasteiger partial charge is 0.414 e. The molecule has 1 aromatic heterocycles. The zero-order valence-electron chi connectivity index (χ0n) is 25.9. The Hall–Kier alpha value is -0.236. The molecule has 3 heterocycles. The number of hydrogen-bond donors (Lipinski definition) is 0. The van der Waals surface area contributed by atoms with Crippen LogP contribution in [0.5, 0.6) is 0 Å². The van der Waals surface area contributed by atoms with E-state index in [0.29, 0.717) is 28.0 Å². The van der Waals surface area contributed by atoms with Crippen LogP contribution in [0.4, 0.5) is 0 Å².